The van der Waals surface area contributed by atoms with Crippen molar-refractivity contribution in [2.24, 2.45) is 0 Å². The highest BCUT2D eigenvalue weighted by Gasteiger charge is 2.10. The van der Waals surface area contributed by atoms with Crippen LogP contribution in [0.3, 0.4) is 0 Å². The molecule has 0 saturated carbocycles. The zero-order chi connectivity index (χ0) is 8.97. The van der Waals surface area contributed by atoms with E-state index in [9.17, 15) is 0 Å². The lowest BCUT2D eigenvalue weighted by molar-refractivity contribution is -0.101. The van der Waals surface area contributed by atoms with E-state index in [1.54, 1.807) is 20.4 Å². The molecular weight excluding hydrogens is 224 g/mol. The minimum absolute atomic E-state index is 0.221. The second-order valence-corrected chi connectivity index (χ2v) is 3.16. The van der Waals surface area contributed by atoms with Gasteiger partial charge >= 0.3 is 0 Å². The average molecular weight is 235 g/mol. The molecule has 1 N–H and O–H groups in total. The third-order valence-electron chi connectivity index (χ3n) is 1.56. The Morgan fingerprint density at radius 3 is 2.67 bits per heavy atom. The summed E-state index contributed by atoms with van der Waals surface area (Å²) in [7, 11) is 3.22. The van der Waals surface area contributed by atoms with Crippen LogP contribution >= 0.6 is 15.9 Å². The summed E-state index contributed by atoms with van der Waals surface area (Å²) in [6.07, 6.45) is 2.15. The number of rotatable bonds is 4. The molecule has 1 aromatic heterocycles. The van der Waals surface area contributed by atoms with Crippen LogP contribution in [0.25, 0.3) is 0 Å². The molecule has 0 fully saturated rings. The highest BCUT2D eigenvalue weighted by atomic mass is 79.9. The highest BCUT2D eigenvalue weighted by Crippen LogP contribution is 2.15. The topological polar surface area (TPSA) is 47.1 Å². The molecule has 0 spiro atoms. The van der Waals surface area contributed by atoms with Crippen molar-refractivity contribution >= 4 is 15.9 Å². The molecule has 4 nitrogen and oxygen atoms in total. The van der Waals surface area contributed by atoms with Gasteiger partial charge in [0.2, 0.25) is 0 Å². The molecule has 0 aliphatic heterocycles. The lowest BCUT2D eigenvalue weighted by Crippen LogP contribution is -2.16. The van der Waals surface area contributed by atoms with Gasteiger partial charge in [-0.05, 0) is 15.9 Å². The number of ether oxygens (including phenoxy) is 2. The summed E-state index contributed by atoms with van der Waals surface area (Å²) in [5, 5.41) is 6.71. The van der Waals surface area contributed by atoms with Crippen LogP contribution in [0.1, 0.15) is 5.69 Å². The number of nitrogens with one attached hydrogen (secondary N) is 1. The minimum Gasteiger partial charge on any atom is -0.356 e. The van der Waals surface area contributed by atoms with Gasteiger partial charge in [0.1, 0.15) is 0 Å². The molecule has 0 atom stereocenters. The van der Waals surface area contributed by atoms with Crippen molar-refractivity contribution in [2.45, 2.75) is 12.7 Å². The van der Waals surface area contributed by atoms with Crippen molar-refractivity contribution in [1.82, 2.24) is 10.2 Å². The molecule has 0 saturated heterocycles. The molecule has 0 bridgehead atoms. The van der Waals surface area contributed by atoms with Gasteiger partial charge in [0.05, 0.1) is 16.4 Å². The Bertz CT molecular complexity index is 235. The van der Waals surface area contributed by atoms with E-state index in [-0.39, 0.29) is 6.29 Å². The van der Waals surface area contributed by atoms with Crippen LogP contribution in [0.4, 0.5) is 0 Å². The number of nitrogens with zero attached hydrogens (tertiary/aromatic N) is 1. The van der Waals surface area contributed by atoms with Gasteiger partial charge in [-0.15, -0.1) is 0 Å². The van der Waals surface area contributed by atoms with Crippen LogP contribution in [0.2, 0.25) is 0 Å². The molecule has 12 heavy (non-hydrogen) atoms. The van der Waals surface area contributed by atoms with E-state index >= 15 is 0 Å². The standard InChI is InChI=1S/C7H11BrN2O2/c1-11-7(12-2)3-6-5(8)4-9-10-6/h4,7H,3H2,1-2H3,(H,9,10). The van der Waals surface area contributed by atoms with Crippen molar-refractivity contribution in [3.05, 3.63) is 16.4 Å². The van der Waals surface area contributed by atoms with Crippen molar-refractivity contribution in [3.8, 4) is 0 Å². The molecule has 1 heterocycles. The van der Waals surface area contributed by atoms with Gasteiger partial charge in [0.25, 0.3) is 0 Å². The van der Waals surface area contributed by atoms with E-state index in [0.29, 0.717) is 6.42 Å². The number of hydrogen-bond acceptors (Lipinski definition) is 3. The van der Waals surface area contributed by atoms with Gasteiger partial charge < -0.3 is 9.47 Å². The van der Waals surface area contributed by atoms with Gasteiger partial charge in [-0.3, -0.25) is 5.10 Å². The molecule has 0 aliphatic rings. The Kier molecular flexibility index (Phi) is 3.71. The molecule has 0 unspecified atom stereocenters. The van der Waals surface area contributed by atoms with E-state index in [1.165, 1.54) is 0 Å². The van der Waals surface area contributed by atoms with Gasteiger partial charge in [0.15, 0.2) is 6.29 Å². The van der Waals surface area contributed by atoms with Crippen LogP contribution in [0, 0.1) is 0 Å². The highest BCUT2D eigenvalue weighted by molar-refractivity contribution is 9.10. The monoisotopic (exact) mass is 234 g/mol. The van der Waals surface area contributed by atoms with Gasteiger partial charge in [-0.25, -0.2) is 0 Å². The molecule has 5 heteroatoms. The van der Waals surface area contributed by atoms with Crippen LogP contribution < -0.4 is 0 Å². The second kappa shape index (κ2) is 4.59. The molecule has 0 aromatic carbocycles. The maximum absolute atomic E-state index is 5.04. The quantitative estimate of drug-likeness (QED) is 0.801. The van der Waals surface area contributed by atoms with Crippen LogP contribution in [0.5, 0.6) is 0 Å². The van der Waals surface area contributed by atoms with E-state index in [0.717, 1.165) is 10.2 Å². The van der Waals surface area contributed by atoms with Gasteiger partial charge in [-0.1, -0.05) is 0 Å². The summed E-state index contributed by atoms with van der Waals surface area (Å²) in [5.41, 5.74) is 0.976. The summed E-state index contributed by atoms with van der Waals surface area (Å²) >= 11 is 3.35. The zero-order valence-electron chi connectivity index (χ0n) is 7.00. The molecule has 0 amide bonds. The first kappa shape index (κ1) is 9.70. The number of hydrogen-bond donors (Lipinski definition) is 1. The Hall–Kier alpha value is -0.390. The molecular formula is C7H11BrN2O2. The Labute approximate surface area is 79.4 Å². The lowest BCUT2D eigenvalue weighted by Gasteiger charge is -2.11. The molecule has 1 rings (SSSR count). The van der Waals surface area contributed by atoms with Crippen LogP contribution in [-0.4, -0.2) is 30.7 Å². The summed E-state index contributed by atoms with van der Waals surface area (Å²) < 4.78 is 11.0. The first-order valence-electron chi connectivity index (χ1n) is 3.51. The predicted molar refractivity (Wildman–Crippen MR) is 47.8 cm³/mol. The minimum atomic E-state index is -0.221. The first-order valence-corrected chi connectivity index (χ1v) is 4.30. The SMILES string of the molecule is COC(Cc1[nH]ncc1Br)OC. The summed E-state index contributed by atoms with van der Waals surface area (Å²) in [4.78, 5) is 0. The summed E-state index contributed by atoms with van der Waals surface area (Å²) in [6.45, 7) is 0. The molecule has 0 aliphatic carbocycles. The van der Waals surface area contributed by atoms with Crippen molar-refractivity contribution in [2.75, 3.05) is 14.2 Å². The predicted octanol–water partition coefficient (Wildman–Crippen LogP) is 1.33. The number of aromatic nitrogens is 2. The Balaban J connectivity index is 2.56. The fourth-order valence-corrected chi connectivity index (χ4v) is 1.22. The average Bonchev–Trinajstić information content (AvgIpc) is 2.47. The fourth-order valence-electron chi connectivity index (χ4n) is 0.871. The van der Waals surface area contributed by atoms with E-state index in [4.69, 9.17) is 9.47 Å². The third kappa shape index (κ3) is 2.30. The first-order chi connectivity index (χ1) is 5.77. The normalized spacial score (nSPS) is 11.0. The van der Waals surface area contributed by atoms with E-state index in [1.807, 2.05) is 0 Å². The summed E-state index contributed by atoms with van der Waals surface area (Å²) in [6, 6.07) is 0. The largest absolute Gasteiger partial charge is 0.356 e. The second-order valence-electron chi connectivity index (χ2n) is 2.30. The van der Waals surface area contributed by atoms with Crippen molar-refractivity contribution in [1.29, 1.82) is 0 Å². The van der Waals surface area contributed by atoms with Crippen molar-refractivity contribution in [3.63, 3.8) is 0 Å². The lowest BCUT2D eigenvalue weighted by atomic mass is 10.3. The van der Waals surface area contributed by atoms with Gasteiger partial charge in [-0.2, -0.15) is 5.10 Å². The van der Waals surface area contributed by atoms with Crippen molar-refractivity contribution < 1.29 is 9.47 Å². The number of halogens is 1. The van der Waals surface area contributed by atoms with Crippen LogP contribution in [0.15, 0.2) is 10.7 Å². The van der Waals surface area contributed by atoms with E-state index < -0.39 is 0 Å². The Morgan fingerprint density at radius 1 is 1.58 bits per heavy atom. The maximum Gasteiger partial charge on any atom is 0.162 e. The molecule has 1 aromatic rings. The van der Waals surface area contributed by atoms with Gasteiger partial charge in [0, 0.05) is 20.6 Å². The fraction of sp³-hybridized carbons (Fsp3) is 0.571. The number of methoxy groups -OCH3 is 2. The third-order valence-corrected chi connectivity index (χ3v) is 2.25. The Morgan fingerprint density at radius 2 is 2.25 bits per heavy atom. The number of H-pyrrole nitrogens is 1. The smallest absolute Gasteiger partial charge is 0.162 e. The summed E-state index contributed by atoms with van der Waals surface area (Å²) in [5.74, 6) is 0. The van der Waals surface area contributed by atoms with Crippen LogP contribution in [-0.2, 0) is 15.9 Å². The zero-order valence-corrected chi connectivity index (χ0v) is 8.59. The molecule has 0 radical (unpaired) electrons. The van der Waals surface area contributed by atoms with E-state index in [2.05, 4.69) is 26.1 Å². The maximum atomic E-state index is 5.04. The molecule has 68 valence electrons. The number of aromatic amines is 1.